The van der Waals surface area contributed by atoms with Crippen LogP contribution in [0.15, 0.2) is 0 Å². The highest BCUT2D eigenvalue weighted by Gasteiger charge is 2.26. The summed E-state index contributed by atoms with van der Waals surface area (Å²) in [4.78, 5) is 16.2. The highest BCUT2D eigenvalue weighted by molar-refractivity contribution is 5.85. The highest BCUT2D eigenvalue weighted by Crippen LogP contribution is 2.14. The van der Waals surface area contributed by atoms with Gasteiger partial charge in [-0.05, 0) is 12.3 Å². The van der Waals surface area contributed by atoms with Crippen LogP contribution in [0.5, 0.6) is 0 Å². The SMILES string of the molecule is CC1CN(CC(=O)N2CCOCC2)CCC1N.Cl. The molecule has 2 rings (SSSR count). The van der Waals surface area contributed by atoms with Crippen molar-refractivity contribution in [3.8, 4) is 0 Å². The van der Waals surface area contributed by atoms with Gasteiger partial charge in [0, 0.05) is 32.2 Å². The Hall–Kier alpha value is -0.360. The minimum Gasteiger partial charge on any atom is -0.378 e. The molecule has 0 aromatic heterocycles. The number of carbonyl (C=O) groups is 1. The Kier molecular flexibility index (Phi) is 6.35. The summed E-state index contributed by atoms with van der Waals surface area (Å²) in [5, 5.41) is 0. The summed E-state index contributed by atoms with van der Waals surface area (Å²) in [6.45, 7) is 7.41. The van der Waals surface area contributed by atoms with Crippen LogP contribution in [0.2, 0.25) is 0 Å². The maximum atomic E-state index is 12.1. The number of piperidine rings is 1. The number of nitrogens with two attached hydrogens (primary N) is 1. The lowest BCUT2D eigenvalue weighted by Crippen LogP contribution is -2.51. The summed E-state index contributed by atoms with van der Waals surface area (Å²) in [5.41, 5.74) is 5.98. The van der Waals surface area contributed by atoms with Crippen molar-refractivity contribution in [2.75, 3.05) is 45.9 Å². The highest BCUT2D eigenvalue weighted by atomic mass is 35.5. The Morgan fingerprint density at radius 3 is 2.61 bits per heavy atom. The van der Waals surface area contributed by atoms with Gasteiger partial charge in [-0.25, -0.2) is 0 Å². The number of hydrogen-bond donors (Lipinski definition) is 1. The van der Waals surface area contributed by atoms with E-state index in [1.54, 1.807) is 0 Å². The van der Waals surface area contributed by atoms with Crippen molar-refractivity contribution in [1.82, 2.24) is 9.80 Å². The lowest BCUT2D eigenvalue weighted by Gasteiger charge is -2.36. The predicted octanol–water partition coefficient (Wildman–Crippen LogP) is -0.0639. The molecule has 2 N–H and O–H groups in total. The Balaban J connectivity index is 0.00000162. The number of morpholine rings is 1. The first-order chi connectivity index (χ1) is 8.16. The van der Waals surface area contributed by atoms with Gasteiger partial charge in [-0.15, -0.1) is 12.4 Å². The van der Waals surface area contributed by atoms with E-state index in [1.165, 1.54) is 0 Å². The molecule has 18 heavy (non-hydrogen) atoms. The topological polar surface area (TPSA) is 58.8 Å². The number of halogens is 1. The van der Waals surface area contributed by atoms with Crippen molar-refractivity contribution < 1.29 is 9.53 Å². The number of nitrogens with zero attached hydrogens (tertiary/aromatic N) is 2. The smallest absolute Gasteiger partial charge is 0.236 e. The standard InChI is InChI=1S/C12H23N3O2.ClH/c1-10-8-14(3-2-11(10)13)9-12(16)15-4-6-17-7-5-15;/h10-11H,2-9,13H2,1H3;1H. The normalized spacial score (nSPS) is 29.8. The molecule has 2 aliphatic heterocycles. The van der Waals surface area contributed by atoms with Crippen LogP contribution in [0, 0.1) is 5.92 Å². The molecule has 1 amide bonds. The van der Waals surface area contributed by atoms with Gasteiger partial charge in [-0.2, -0.15) is 0 Å². The van der Waals surface area contributed by atoms with Crippen molar-refractivity contribution in [3.05, 3.63) is 0 Å². The van der Waals surface area contributed by atoms with E-state index in [2.05, 4.69) is 11.8 Å². The van der Waals surface area contributed by atoms with Crippen molar-refractivity contribution in [1.29, 1.82) is 0 Å². The Bertz CT molecular complexity index is 272. The van der Waals surface area contributed by atoms with Crippen LogP contribution in [0.25, 0.3) is 0 Å². The van der Waals surface area contributed by atoms with E-state index in [0.29, 0.717) is 31.7 Å². The van der Waals surface area contributed by atoms with Crippen LogP contribution in [0.3, 0.4) is 0 Å². The first-order valence-electron chi connectivity index (χ1n) is 6.50. The summed E-state index contributed by atoms with van der Waals surface area (Å²) in [7, 11) is 0. The fourth-order valence-electron chi connectivity index (χ4n) is 2.50. The predicted molar refractivity (Wildman–Crippen MR) is 72.8 cm³/mol. The molecule has 5 nitrogen and oxygen atoms in total. The van der Waals surface area contributed by atoms with Crippen LogP contribution in [-0.4, -0.2) is 67.7 Å². The molecular weight excluding hydrogens is 254 g/mol. The average Bonchev–Trinajstić information content (AvgIpc) is 2.35. The molecule has 2 saturated heterocycles. The number of ether oxygens (including phenoxy) is 1. The summed E-state index contributed by atoms with van der Waals surface area (Å²) in [6.07, 6.45) is 0.998. The van der Waals surface area contributed by atoms with Gasteiger partial charge in [-0.3, -0.25) is 9.69 Å². The van der Waals surface area contributed by atoms with Crippen molar-refractivity contribution in [3.63, 3.8) is 0 Å². The van der Waals surface area contributed by atoms with E-state index in [1.807, 2.05) is 4.90 Å². The van der Waals surface area contributed by atoms with E-state index < -0.39 is 0 Å². The summed E-state index contributed by atoms with van der Waals surface area (Å²) in [6, 6.07) is 0.296. The van der Waals surface area contributed by atoms with Gasteiger partial charge in [0.25, 0.3) is 0 Å². The van der Waals surface area contributed by atoms with Gasteiger partial charge in [0.15, 0.2) is 0 Å². The third-order valence-electron chi connectivity index (χ3n) is 3.78. The van der Waals surface area contributed by atoms with E-state index in [9.17, 15) is 4.79 Å². The molecule has 2 heterocycles. The largest absolute Gasteiger partial charge is 0.378 e. The van der Waals surface area contributed by atoms with Crippen LogP contribution in [-0.2, 0) is 9.53 Å². The minimum absolute atomic E-state index is 0. The molecular formula is C12H24ClN3O2. The number of hydrogen-bond acceptors (Lipinski definition) is 4. The van der Waals surface area contributed by atoms with Crippen LogP contribution in [0.4, 0.5) is 0 Å². The lowest BCUT2D eigenvalue weighted by atomic mass is 9.95. The van der Waals surface area contributed by atoms with E-state index in [0.717, 1.165) is 32.6 Å². The fraction of sp³-hybridized carbons (Fsp3) is 0.917. The zero-order valence-corrected chi connectivity index (χ0v) is 11.8. The van der Waals surface area contributed by atoms with Crippen LogP contribution >= 0.6 is 12.4 Å². The second-order valence-electron chi connectivity index (χ2n) is 5.16. The second kappa shape index (κ2) is 7.28. The van der Waals surface area contributed by atoms with Crippen molar-refractivity contribution in [2.24, 2.45) is 11.7 Å². The first-order valence-corrected chi connectivity index (χ1v) is 6.50. The molecule has 0 spiro atoms. The third-order valence-corrected chi connectivity index (χ3v) is 3.78. The maximum Gasteiger partial charge on any atom is 0.236 e. The number of rotatable bonds is 2. The van der Waals surface area contributed by atoms with Crippen molar-refractivity contribution >= 4 is 18.3 Å². The van der Waals surface area contributed by atoms with Gasteiger partial charge in [0.05, 0.1) is 19.8 Å². The Labute approximate surface area is 115 Å². The maximum absolute atomic E-state index is 12.1. The summed E-state index contributed by atoms with van der Waals surface area (Å²) in [5.74, 6) is 0.720. The number of amides is 1. The molecule has 0 aromatic rings. The first kappa shape index (κ1) is 15.7. The zero-order chi connectivity index (χ0) is 12.3. The van der Waals surface area contributed by atoms with E-state index in [-0.39, 0.29) is 18.3 Å². The van der Waals surface area contributed by atoms with Crippen molar-refractivity contribution in [2.45, 2.75) is 19.4 Å². The monoisotopic (exact) mass is 277 g/mol. The molecule has 0 saturated carbocycles. The molecule has 0 bridgehead atoms. The molecule has 2 unspecified atom stereocenters. The van der Waals surface area contributed by atoms with Gasteiger partial charge in [-0.1, -0.05) is 6.92 Å². The second-order valence-corrected chi connectivity index (χ2v) is 5.16. The fourth-order valence-corrected chi connectivity index (χ4v) is 2.50. The van der Waals surface area contributed by atoms with Gasteiger partial charge in [0.1, 0.15) is 0 Å². The summed E-state index contributed by atoms with van der Waals surface area (Å²) >= 11 is 0. The van der Waals surface area contributed by atoms with E-state index >= 15 is 0 Å². The molecule has 0 aliphatic carbocycles. The molecule has 106 valence electrons. The summed E-state index contributed by atoms with van der Waals surface area (Å²) < 4.78 is 5.25. The van der Waals surface area contributed by atoms with Gasteiger partial charge >= 0.3 is 0 Å². The molecule has 6 heteroatoms. The van der Waals surface area contributed by atoms with E-state index in [4.69, 9.17) is 10.5 Å². The van der Waals surface area contributed by atoms with Crippen LogP contribution < -0.4 is 5.73 Å². The molecule has 2 fully saturated rings. The number of carbonyl (C=O) groups excluding carboxylic acids is 1. The lowest BCUT2D eigenvalue weighted by molar-refractivity contribution is -0.136. The molecule has 0 radical (unpaired) electrons. The van der Waals surface area contributed by atoms with Gasteiger partial charge < -0.3 is 15.4 Å². The minimum atomic E-state index is 0. The average molecular weight is 278 g/mol. The molecule has 2 aliphatic rings. The quantitative estimate of drug-likeness (QED) is 0.768. The Morgan fingerprint density at radius 2 is 2.00 bits per heavy atom. The molecule has 0 aromatic carbocycles. The Morgan fingerprint density at radius 1 is 1.33 bits per heavy atom. The van der Waals surface area contributed by atoms with Gasteiger partial charge in [0.2, 0.25) is 5.91 Å². The zero-order valence-electron chi connectivity index (χ0n) is 11.0. The molecule has 2 atom stereocenters. The third kappa shape index (κ3) is 4.09. The van der Waals surface area contributed by atoms with Crippen LogP contribution in [0.1, 0.15) is 13.3 Å². The number of likely N-dealkylation sites (tertiary alicyclic amines) is 1.